The molecule has 1 aromatic carbocycles. The van der Waals surface area contributed by atoms with Crippen LogP contribution < -0.4 is 10.1 Å². The smallest absolute Gasteiger partial charge is 0.394 e. The molecule has 0 unspecified atom stereocenters. The number of halogens is 5. The Morgan fingerprint density at radius 2 is 1.85 bits per heavy atom. The molecule has 1 amide bonds. The van der Waals surface area contributed by atoms with Crippen LogP contribution in [0.2, 0.25) is 0 Å². The van der Waals surface area contributed by atoms with E-state index in [2.05, 4.69) is 10.4 Å². The zero-order valence-corrected chi connectivity index (χ0v) is 24.4. The second kappa shape index (κ2) is 11.9. The van der Waals surface area contributed by atoms with E-state index in [-0.39, 0.29) is 67.0 Å². The number of benzene rings is 1. The van der Waals surface area contributed by atoms with Gasteiger partial charge in [0.2, 0.25) is 0 Å². The highest BCUT2D eigenvalue weighted by Crippen LogP contribution is 2.42. The van der Waals surface area contributed by atoms with Crippen LogP contribution in [0.25, 0.3) is 11.3 Å². The van der Waals surface area contributed by atoms with Crippen molar-refractivity contribution in [1.29, 1.82) is 0 Å². The number of sulfone groups is 1. The average Bonchev–Trinajstić information content (AvgIpc) is 3.17. The lowest BCUT2D eigenvalue weighted by Gasteiger charge is -2.35. The predicted octanol–water partition coefficient (Wildman–Crippen LogP) is 5.06. The maximum Gasteiger partial charge on any atom is 0.394 e. The van der Waals surface area contributed by atoms with Gasteiger partial charge in [-0.25, -0.2) is 8.42 Å². The van der Waals surface area contributed by atoms with Crippen molar-refractivity contribution in [1.82, 2.24) is 15.1 Å². The molecule has 1 aromatic heterocycles. The topological polar surface area (TPSA) is 111 Å². The first-order chi connectivity index (χ1) is 18.8. The van der Waals surface area contributed by atoms with Crippen molar-refractivity contribution in [2.24, 2.45) is 5.41 Å². The lowest BCUT2D eigenvalue weighted by Crippen LogP contribution is -2.47. The number of nitrogens with zero attached hydrogens (tertiary/aromatic N) is 2. The first kappa shape index (κ1) is 32.8. The van der Waals surface area contributed by atoms with Crippen LogP contribution in [0.5, 0.6) is 5.75 Å². The number of nitrogens with one attached hydrogen (secondary N) is 1. The summed E-state index contributed by atoms with van der Waals surface area (Å²) in [6, 6.07) is 3.92. The summed E-state index contributed by atoms with van der Waals surface area (Å²) in [6.45, 7) is 2.15. The van der Waals surface area contributed by atoms with E-state index in [1.165, 1.54) is 16.8 Å². The van der Waals surface area contributed by atoms with Crippen molar-refractivity contribution in [2.45, 2.75) is 90.0 Å². The minimum Gasteiger partial charge on any atom is -0.434 e. The van der Waals surface area contributed by atoms with Crippen LogP contribution >= 0.6 is 0 Å². The molecular formula is C27H36F5N3O5S. The highest BCUT2D eigenvalue weighted by Gasteiger charge is 2.47. The summed E-state index contributed by atoms with van der Waals surface area (Å²) in [6.07, 6.45) is -2.93. The Kier molecular flexibility index (Phi) is 9.48. The number of hydrogen-bond acceptors (Lipinski definition) is 6. The van der Waals surface area contributed by atoms with Crippen LogP contribution in [0, 0.1) is 12.3 Å². The Balaban J connectivity index is 1.89. The number of aromatic nitrogens is 2. The number of ether oxygens (including phenoxy) is 1. The molecule has 3 rings (SSSR count). The van der Waals surface area contributed by atoms with Gasteiger partial charge in [-0.3, -0.25) is 9.48 Å². The van der Waals surface area contributed by atoms with Crippen molar-refractivity contribution in [2.75, 3.05) is 12.8 Å². The van der Waals surface area contributed by atoms with Gasteiger partial charge in [-0.05, 0) is 63.6 Å². The molecular weight excluding hydrogens is 573 g/mol. The molecule has 1 heterocycles. The third-order valence-electron chi connectivity index (χ3n) is 7.68. The Hall–Kier alpha value is -2.74. The van der Waals surface area contributed by atoms with E-state index in [9.17, 15) is 40.3 Å². The van der Waals surface area contributed by atoms with Gasteiger partial charge in [0.25, 0.3) is 5.91 Å². The van der Waals surface area contributed by atoms with Gasteiger partial charge in [0.15, 0.2) is 5.69 Å². The molecule has 1 fully saturated rings. The number of aliphatic hydroxyl groups is 1. The molecule has 1 aliphatic rings. The number of alkyl halides is 5. The van der Waals surface area contributed by atoms with Crippen LogP contribution in [0.4, 0.5) is 22.0 Å². The molecule has 1 aliphatic carbocycles. The Morgan fingerprint density at radius 3 is 2.37 bits per heavy atom. The molecule has 230 valence electrons. The first-order valence-corrected chi connectivity index (χ1v) is 15.1. The predicted molar refractivity (Wildman–Crippen MR) is 143 cm³/mol. The van der Waals surface area contributed by atoms with Gasteiger partial charge in [0, 0.05) is 30.5 Å². The fraction of sp³-hybridized carbons (Fsp3) is 0.630. The summed E-state index contributed by atoms with van der Waals surface area (Å²) >= 11 is 0. The third-order valence-corrected chi connectivity index (χ3v) is 9.36. The van der Waals surface area contributed by atoms with Crippen molar-refractivity contribution >= 4 is 15.7 Å². The van der Waals surface area contributed by atoms with E-state index in [0.717, 1.165) is 26.2 Å². The summed E-state index contributed by atoms with van der Waals surface area (Å²) in [7, 11) is -3.24. The zero-order chi connectivity index (χ0) is 31.0. The number of amides is 1. The van der Waals surface area contributed by atoms with Crippen LogP contribution in [0.15, 0.2) is 18.2 Å². The third kappa shape index (κ3) is 7.56. The van der Waals surface area contributed by atoms with Crippen molar-refractivity contribution in [3.8, 4) is 17.0 Å². The van der Waals surface area contributed by atoms with Crippen molar-refractivity contribution in [3.63, 3.8) is 0 Å². The summed E-state index contributed by atoms with van der Waals surface area (Å²) in [4.78, 5) is 13.1. The molecule has 41 heavy (non-hydrogen) atoms. The summed E-state index contributed by atoms with van der Waals surface area (Å²) in [5.41, 5.74) is -2.57. The number of rotatable bonds is 10. The van der Waals surface area contributed by atoms with Gasteiger partial charge in [0.05, 0.1) is 22.0 Å². The minimum absolute atomic E-state index is 0.0273. The highest BCUT2D eigenvalue weighted by atomic mass is 32.2. The fourth-order valence-electron chi connectivity index (χ4n) is 5.08. The Morgan fingerprint density at radius 1 is 1.24 bits per heavy atom. The van der Waals surface area contributed by atoms with Gasteiger partial charge in [0.1, 0.15) is 15.6 Å². The molecule has 1 saturated carbocycles. The number of aryl methyl sites for hydroxylation is 1. The van der Waals surface area contributed by atoms with E-state index in [4.69, 9.17) is 4.74 Å². The zero-order valence-electron chi connectivity index (χ0n) is 23.6. The summed E-state index contributed by atoms with van der Waals surface area (Å²) in [5, 5.41) is 17.3. The molecule has 0 saturated heterocycles. The molecule has 2 aromatic rings. The summed E-state index contributed by atoms with van der Waals surface area (Å²) in [5.74, 6) is -0.980. The highest BCUT2D eigenvalue weighted by molar-refractivity contribution is 7.91. The monoisotopic (exact) mass is 609 g/mol. The maximum absolute atomic E-state index is 13.4. The van der Waals surface area contributed by atoms with Gasteiger partial charge in [-0.1, -0.05) is 19.9 Å². The van der Waals surface area contributed by atoms with E-state index in [1.54, 1.807) is 13.8 Å². The van der Waals surface area contributed by atoms with E-state index >= 15 is 0 Å². The Bertz CT molecular complexity index is 1360. The second-order valence-electron chi connectivity index (χ2n) is 11.3. The van der Waals surface area contributed by atoms with E-state index in [0.29, 0.717) is 5.56 Å². The normalized spacial score (nSPS) is 20.3. The molecule has 0 bridgehead atoms. The first-order valence-electron chi connectivity index (χ1n) is 13.2. The second-order valence-corrected chi connectivity index (χ2v) is 13.7. The van der Waals surface area contributed by atoms with Gasteiger partial charge >= 0.3 is 12.8 Å². The van der Waals surface area contributed by atoms with Crippen LogP contribution in [-0.4, -0.2) is 65.7 Å². The number of carbonyl (C=O) groups excluding carboxylic acids is 1. The van der Waals surface area contributed by atoms with E-state index in [1.807, 2.05) is 0 Å². The summed E-state index contributed by atoms with van der Waals surface area (Å²) < 4.78 is 96.7. The molecule has 8 nitrogen and oxygen atoms in total. The average molecular weight is 610 g/mol. The number of hydrogen-bond donors (Lipinski definition) is 2. The maximum atomic E-state index is 13.4. The SMILES string of the molecule is CCn1nc(C(=O)NC[C@]2(O)CC[C@@H](S(C)(=O)=O)CC2)c(C)c1-c1ccc(CC(C)(C)C(F)(F)F)cc1OC(F)F. The Labute approximate surface area is 236 Å². The quantitative estimate of drug-likeness (QED) is 0.365. The molecule has 0 aliphatic heterocycles. The van der Waals surface area contributed by atoms with E-state index < -0.39 is 51.2 Å². The standard InChI is InChI=1S/C27H36F5N3O5S/c1-6-35-22(19-8-7-17(13-20(19)40-24(28)29)14-25(3,4)27(30,31)32)16(2)21(34-35)23(36)33-15-26(37)11-9-18(10-12-26)41(5,38)39/h7-8,13,18,24,37H,6,9-12,14-15H2,1-5H3,(H,33,36)/t18-,26+. The minimum atomic E-state index is -4.52. The molecule has 14 heteroatoms. The van der Waals surface area contributed by atoms with Gasteiger partial charge in [-0.2, -0.15) is 27.1 Å². The number of carbonyl (C=O) groups is 1. The van der Waals surface area contributed by atoms with Crippen LogP contribution in [0.1, 0.15) is 68.1 Å². The fourth-order valence-corrected chi connectivity index (χ4v) is 6.17. The molecule has 0 atom stereocenters. The molecule has 0 spiro atoms. The van der Waals surface area contributed by atoms with Crippen LogP contribution in [-0.2, 0) is 22.8 Å². The van der Waals surface area contributed by atoms with Gasteiger partial charge < -0.3 is 15.2 Å². The van der Waals surface area contributed by atoms with Gasteiger partial charge in [-0.15, -0.1) is 0 Å². The lowest BCUT2D eigenvalue weighted by molar-refractivity contribution is -0.211. The lowest BCUT2D eigenvalue weighted by atomic mass is 9.84. The van der Waals surface area contributed by atoms with Crippen LogP contribution in [0.3, 0.4) is 0 Å². The molecule has 0 radical (unpaired) electrons. The van der Waals surface area contributed by atoms with Crippen molar-refractivity contribution < 1.29 is 45.0 Å². The van der Waals surface area contributed by atoms with Crippen molar-refractivity contribution in [3.05, 3.63) is 35.0 Å². The largest absolute Gasteiger partial charge is 0.434 e. The molecule has 2 N–H and O–H groups in total.